The lowest BCUT2D eigenvalue weighted by Gasteiger charge is -2.30. The van der Waals surface area contributed by atoms with Crippen molar-refractivity contribution < 1.29 is 28.7 Å². The Morgan fingerprint density at radius 3 is 2.41 bits per heavy atom. The van der Waals surface area contributed by atoms with Crippen molar-refractivity contribution in [3.63, 3.8) is 0 Å². The molecule has 0 bridgehead atoms. The first kappa shape index (κ1) is 29.6. The Balaban J connectivity index is 1.85. The number of primary amides is 1. The van der Waals surface area contributed by atoms with Gasteiger partial charge in [0.1, 0.15) is 24.7 Å². The first-order valence-corrected chi connectivity index (χ1v) is 12.7. The third kappa shape index (κ3) is 9.74. The summed E-state index contributed by atoms with van der Waals surface area (Å²) in [6, 6.07) is 6.98. The summed E-state index contributed by atoms with van der Waals surface area (Å²) in [4.78, 5) is 63.0. The molecule has 1 aliphatic rings. The molecule has 1 aromatic rings. The van der Waals surface area contributed by atoms with Crippen molar-refractivity contribution in [1.82, 2.24) is 20.9 Å². The topological polar surface area (TPSA) is 160 Å². The molecular weight excluding hydrogens is 478 g/mol. The van der Waals surface area contributed by atoms with Crippen molar-refractivity contribution in [2.45, 2.75) is 77.6 Å². The van der Waals surface area contributed by atoms with Crippen molar-refractivity contribution in [2.75, 3.05) is 13.1 Å². The monoisotopic (exact) mass is 517 g/mol. The molecule has 5 N–H and O–H groups in total. The average molecular weight is 518 g/mol. The summed E-state index contributed by atoms with van der Waals surface area (Å²) < 4.78 is 5.17. The van der Waals surface area contributed by atoms with Gasteiger partial charge in [-0.2, -0.15) is 0 Å². The molecule has 1 fully saturated rings. The second kappa shape index (κ2) is 14.8. The molecule has 1 saturated heterocycles. The van der Waals surface area contributed by atoms with Crippen LogP contribution in [0.2, 0.25) is 0 Å². The van der Waals surface area contributed by atoms with Crippen LogP contribution < -0.4 is 21.7 Å². The molecule has 2 rings (SSSR count). The van der Waals surface area contributed by atoms with Gasteiger partial charge < -0.3 is 31.3 Å². The summed E-state index contributed by atoms with van der Waals surface area (Å²) in [5, 5.41) is 8.03. The second-order valence-corrected chi connectivity index (χ2v) is 9.56. The smallest absolute Gasteiger partial charge is 0.407 e. The maximum atomic E-state index is 13.3. The number of hydrogen-bond acceptors (Lipinski definition) is 6. The SMILES string of the molecule is CC(=O)N[C@H](CCCCNC(=O)OCc1ccccc1)C(=O)N1CCC[C@@H]1C(=O)N[C@@H](C(N)=O)C(C)C. The van der Waals surface area contributed by atoms with Crippen LogP contribution in [0.4, 0.5) is 4.79 Å². The molecule has 204 valence electrons. The van der Waals surface area contributed by atoms with Crippen molar-refractivity contribution in [2.24, 2.45) is 11.7 Å². The molecule has 11 nitrogen and oxygen atoms in total. The molecule has 0 aliphatic carbocycles. The van der Waals surface area contributed by atoms with Crippen LogP contribution in [-0.2, 0) is 30.5 Å². The Kier molecular flexibility index (Phi) is 11.9. The van der Waals surface area contributed by atoms with Gasteiger partial charge in [-0.1, -0.05) is 44.2 Å². The zero-order chi connectivity index (χ0) is 27.4. The number of nitrogens with one attached hydrogen (secondary N) is 3. The molecule has 1 aliphatic heterocycles. The Hall–Kier alpha value is -3.63. The zero-order valence-corrected chi connectivity index (χ0v) is 21.8. The van der Waals surface area contributed by atoms with E-state index in [1.165, 1.54) is 11.8 Å². The summed E-state index contributed by atoms with van der Waals surface area (Å²) in [6.45, 7) is 5.79. The summed E-state index contributed by atoms with van der Waals surface area (Å²) in [5.74, 6) is -1.95. The lowest BCUT2D eigenvalue weighted by molar-refractivity contribution is -0.142. The number of carbonyl (C=O) groups is 5. The molecule has 3 atom stereocenters. The fourth-order valence-corrected chi connectivity index (χ4v) is 4.26. The number of benzene rings is 1. The van der Waals surface area contributed by atoms with E-state index < -0.39 is 36.0 Å². The highest BCUT2D eigenvalue weighted by Crippen LogP contribution is 2.20. The van der Waals surface area contributed by atoms with Gasteiger partial charge in [0.15, 0.2) is 0 Å². The normalized spacial score (nSPS) is 16.5. The van der Waals surface area contributed by atoms with Crippen LogP contribution in [-0.4, -0.2) is 65.8 Å². The lowest BCUT2D eigenvalue weighted by atomic mass is 10.0. The molecule has 0 saturated carbocycles. The number of carbonyl (C=O) groups excluding carboxylic acids is 5. The predicted molar refractivity (Wildman–Crippen MR) is 137 cm³/mol. The summed E-state index contributed by atoms with van der Waals surface area (Å²) >= 11 is 0. The predicted octanol–water partition coefficient (Wildman–Crippen LogP) is 1.20. The minimum atomic E-state index is -0.830. The Morgan fingerprint density at radius 2 is 1.78 bits per heavy atom. The number of alkyl carbamates (subject to hydrolysis) is 1. The van der Waals surface area contributed by atoms with Crippen molar-refractivity contribution in [3.05, 3.63) is 35.9 Å². The fraction of sp³-hybridized carbons (Fsp3) is 0.577. The number of nitrogens with zero attached hydrogens (tertiary/aromatic N) is 1. The Bertz CT molecular complexity index is 939. The van der Waals surface area contributed by atoms with Crippen LogP contribution in [0.5, 0.6) is 0 Å². The average Bonchev–Trinajstić information content (AvgIpc) is 3.34. The maximum Gasteiger partial charge on any atom is 0.407 e. The molecule has 0 unspecified atom stereocenters. The van der Waals surface area contributed by atoms with E-state index in [9.17, 15) is 24.0 Å². The Labute approximate surface area is 217 Å². The molecule has 11 heteroatoms. The van der Waals surface area contributed by atoms with Crippen LogP contribution in [0, 0.1) is 5.92 Å². The van der Waals surface area contributed by atoms with Crippen LogP contribution >= 0.6 is 0 Å². The zero-order valence-electron chi connectivity index (χ0n) is 21.8. The molecule has 1 aromatic carbocycles. The first-order chi connectivity index (χ1) is 17.6. The van der Waals surface area contributed by atoms with Crippen LogP contribution in [0.3, 0.4) is 0 Å². The van der Waals surface area contributed by atoms with Crippen molar-refractivity contribution in [3.8, 4) is 0 Å². The molecule has 1 heterocycles. The van der Waals surface area contributed by atoms with Crippen LogP contribution in [0.1, 0.15) is 58.4 Å². The standard InChI is InChI=1S/C26H39N5O6/c1-17(2)22(23(27)33)30-24(34)21-13-9-15-31(21)25(35)20(29-18(3)32)12-7-8-14-28-26(36)37-16-19-10-5-4-6-11-19/h4-6,10-11,17,20-22H,7-9,12-16H2,1-3H3,(H2,27,33)(H,28,36)(H,29,32)(H,30,34)/t20-,21-,22-/m1/s1. The molecule has 0 radical (unpaired) electrons. The molecular formula is C26H39N5O6. The molecule has 0 spiro atoms. The van der Waals surface area contributed by atoms with Gasteiger partial charge in [0.05, 0.1) is 0 Å². The van der Waals surface area contributed by atoms with Crippen molar-refractivity contribution in [1.29, 1.82) is 0 Å². The third-order valence-corrected chi connectivity index (χ3v) is 6.19. The number of hydrogen-bond donors (Lipinski definition) is 4. The second-order valence-electron chi connectivity index (χ2n) is 9.56. The van der Waals surface area contributed by atoms with Crippen LogP contribution in [0.25, 0.3) is 0 Å². The number of unbranched alkanes of at least 4 members (excludes halogenated alkanes) is 1. The van der Waals surface area contributed by atoms with Gasteiger partial charge in [0, 0.05) is 20.0 Å². The van der Waals surface area contributed by atoms with Crippen LogP contribution in [0.15, 0.2) is 30.3 Å². The van der Waals surface area contributed by atoms with E-state index >= 15 is 0 Å². The maximum absolute atomic E-state index is 13.3. The van der Waals surface area contributed by atoms with Gasteiger partial charge in [-0.15, -0.1) is 0 Å². The fourth-order valence-electron chi connectivity index (χ4n) is 4.26. The van der Waals surface area contributed by atoms with E-state index in [0.29, 0.717) is 45.2 Å². The van der Waals surface area contributed by atoms with E-state index in [1.807, 2.05) is 30.3 Å². The number of nitrogens with two attached hydrogens (primary N) is 1. The van der Waals surface area contributed by atoms with E-state index in [-0.39, 0.29) is 24.3 Å². The van der Waals surface area contributed by atoms with E-state index in [4.69, 9.17) is 10.5 Å². The van der Waals surface area contributed by atoms with Gasteiger partial charge in [0.25, 0.3) is 0 Å². The summed E-state index contributed by atoms with van der Waals surface area (Å²) in [5.41, 5.74) is 6.29. The highest BCUT2D eigenvalue weighted by molar-refractivity contribution is 5.94. The summed E-state index contributed by atoms with van der Waals surface area (Å²) in [7, 11) is 0. The lowest BCUT2D eigenvalue weighted by Crippen LogP contribution is -2.56. The molecule has 5 amide bonds. The quantitative estimate of drug-likeness (QED) is 0.288. The first-order valence-electron chi connectivity index (χ1n) is 12.7. The number of ether oxygens (including phenoxy) is 1. The van der Waals surface area contributed by atoms with Gasteiger partial charge in [-0.05, 0) is 43.6 Å². The number of rotatable bonds is 13. The third-order valence-electron chi connectivity index (χ3n) is 6.19. The Morgan fingerprint density at radius 1 is 1.08 bits per heavy atom. The molecule has 0 aromatic heterocycles. The van der Waals surface area contributed by atoms with Crippen molar-refractivity contribution >= 4 is 29.7 Å². The van der Waals surface area contributed by atoms with Gasteiger partial charge in [-0.3, -0.25) is 19.2 Å². The van der Waals surface area contributed by atoms with E-state index in [2.05, 4.69) is 16.0 Å². The van der Waals surface area contributed by atoms with Gasteiger partial charge >= 0.3 is 6.09 Å². The minimum Gasteiger partial charge on any atom is -0.445 e. The minimum absolute atomic E-state index is 0.174. The highest BCUT2D eigenvalue weighted by Gasteiger charge is 2.38. The number of likely N-dealkylation sites (tertiary alicyclic amines) is 1. The van der Waals surface area contributed by atoms with E-state index in [1.54, 1.807) is 13.8 Å². The summed E-state index contributed by atoms with van der Waals surface area (Å²) in [6.07, 6.45) is 2.04. The largest absolute Gasteiger partial charge is 0.445 e. The van der Waals surface area contributed by atoms with Gasteiger partial charge in [0.2, 0.25) is 23.6 Å². The number of amides is 5. The molecule has 37 heavy (non-hydrogen) atoms. The highest BCUT2D eigenvalue weighted by atomic mass is 16.5. The van der Waals surface area contributed by atoms with Gasteiger partial charge in [-0.25, -0.2) is 4.79 Å². The van der Waals surface area contributed by atoms with E-state index in [0.717, 1.165) is 5.56 Å².